The van der Waals surface area contributed by atoms with E-state index in [0.717, 1.165) is 43.3 Å². The lowest BCUT2D eigenvalue weighted by Gasteiger charge is -2.12. The minimum atomic E-state index is 0. The second kappa shape index (κ2) is 16.8. The van der Waals surface area contributed by atoms with Gasteiger partial charge in [0.15, 0.2) is 5.96 Å². The Kier molecular flexibility index (Phi) is 16.3. The van der Waals surface area contributed by atoms with Gasteiger partial charge < -0.3 is 20.1 Å². The molecule has 0 spiro atoms. The third kappa shape index (κ3) is 11.5. The van der Waals surface area contributed by atoms with Crippen molar-refractivity contribution in [2.75, 3.05) is 45.4 Å². The summed E-state index contributed by atoms with van der Waals surface area (Å²) in [5.74, 6) is 2.93. The zero-order chi connectivity index (χ0) is 17.5. The smallest absolute Gasteiger partial charge is 0.191 e. The number of unbranched alkanes of at least 4 members (excludes halogenated alkanes) is 1. The standard InChI is InChI=1S/C18H31N3O2S.HI/c1-4-19-18(20-11-7-8-14-24-3)21-12-13-23-15-16-9-5-6-10-17(16)22-2;/h5-6,9-10H,4,7-8,11-15H2,1-3H3,(H2,19,20,21);1H. The molecule has 0 aliphatic rings. The summed E-state index contributed by atoms with van der Waals surface area (Å²) in [5, 5.41) is 6.56. The quantitative estimate of drug-likeness (QED) is 0.207. The van der Waals surface area contributed by atoms with Crippen molar-refractivity contribution in [3.8, 4) is 5.75 Å². The van der Waals surface area contributed by atoms with E-state index in [1.54, 1.807) is 7.11 Å². The molecule has 7 heteroatoms. The van der Waals surface area contributed by atoms with Crippen molar-refractivity contribution in [3.05, 3.63) is 29.8 Å². The van der Waals surface area contributed by atoms with Crippen LogP contribution in [-0.2, 0) is 11.3 Å². The van der Waals surface area contributed by atoms with Crippen molar-refractivity contribution in [3.63, 3.8) is 0 Å². The first-order chi connectivity index (χ1) is 11.8. The molecule has 2 N–H and O–H groups in total. The molecular weight excluding hydrogens is 449 g/mol. The summed E-state index contributed by atoms with van der Waals surface area (Å²) in [6.07, 6.45) is 4.48. The van der Waals surface area contributed by atoms with Crippen molar-refractivity contribution in [1.29, 1.82) is 0 Å². The molecule has 1 rings (SSSR count). The van der Waals surface area contributed by atoms with E-state index in [4.69, 9.17) is 9.47 Å². The highest BCUT2D eigenvalue weighted by molar-refractivity contribution is 14.0. The molecule has 0 saturated carbocycles. The fourth-order valence-corrected chi connectivity index (χ4v) is 2.63. The average molecular weight is 481 g/mol. The van der Waals surface area contributed by atoms with Gasteiger partial charge in [0.25, 0.3) is 0 Å². The van der Waals surface area contributed by atoms with Gasteiger partial charge in [0.2, 0.25) is 0 Å². The number of ether oxygens (including phenoxy) is 2. The Morgan fingerprint density at radius 2 is 2.00 bits per heavy atom. The van der Waals surface area contributed by atoms with Crippen LogP contribution in [0.15, 0.2) is 29.3 Å². The van der Waals surface area contributed by atoms with Crippen LogP contribution >= 0.6 is 35.7 Å². The van der Waals surface area contributed by atoms with Gasteiger partial charge in [0.05, 0.1) is 20.3 Å². The van der Waals surface area contributed by atoms with Gasteiger partial charge >= 0.3 is 0 Å². The van der Waals surface area contributed by atoms with E-state index in [1.165, 1.54) is 12.2 Å². The maximum atomic E-state index is 5.72. The lowest BCUT2D eigenvalue weighted by atomic mass is 10.2. The predicted octanol–water partition coefficient (Wildman–Crippen LogP) is 3.53. The van der Waals surface area contributed by atoms with Crippen molar-refractivity contribution in [2.45, 2.75) is 26.4 Å². The zero-order valence-electron chi connectivity index (χ0n) is 15.5. The van der Waals surface area contributed by atoms with Crippen LogP contribution in [0.25, 0.3) is 0 Å². The van der Waals surface area contributed by atoms with Crippen molar-refractivity contribution >= 4 is 41.7 Å². The van der Waals surface area contributed by atoms with Crippen LogP contribution in [0.3, 0.4) is 0 Å². The molecule has 0 radical (unpaired) electrons. The molecule has 0 aromatic heterocycles. The minimum absolute atomic E-state index is 0. The second-order valence-corrected chi connectivity index (χ2v) is 6.24. The van der Waals surface area contributed by atoms with Crippen molar-refractivity contribution < 1.29 is 9.47 Å². The van der Waals surface area contributed by atoms with Crippen LogP contribution in [0.2, 0.25) is 0 Å². The number of para-hydroxylation sites is 1. The third-order valence-corrected chi connectivity index (χ3v) is 4.06. The molecule has 0 unspecified atom stereocenters. The van der Waals surface area contributed by atoms with Crippen LogP contribution in [0.5, 0.6) is 5.75 Å². The molecule has 0 bridgehead atoms. The van der Waals surface area contributed by atoms with E-state index in [0.29, 0.717) is 13.2 Å². The van der Waals surface area contributed by atoms with Gasteiger partial charge in [-0.15, -0.1) is 24.0 Å². The first kappa shape index (κ1) is 24.3. The number of benzene rings is 1. The summed E-state index contributed by atoms with van der Waals surface area (Å²) in [4.78, 5) is 4.58. The van der Waals surface area contributed by atoms with Gasteiger partial charge in [0, 0.05) is 25.2 Å². The minimum Gasteiger partial charge on any atom is -0.496 e. The largest absolute Gasteiger partial charge is 0.496 e. The van der Waals surface area contributed by atoms with E-state index in [-0.39, 0.29) is 24.0 Å². The Morgan fingerprint density at radius 3 is 2.72 bits per heavy atom. The number of thioether (sulfide) groups is 1. The Hall–Kier alpha value is -0.670. The van der Waals surface area contributed by atoms with Crippen molar-refractivity contribution in [2.24, 2.45) is 4.99 Å². The Labute approximate surface area is 173 Å². The van der Waals surface area contributed by atoms with Crippen LogP contribution in [0, 0.1) is 0 Å². The Morgan fingerprint density at radius 1 is 1.20 bits per heavy atom. The van der Waals surface area contributed by atoms with E-state index < -0.39 is 0 Å². The first-order valence-corrected chi connectivity index (χ1v) is 9.92. The second-order valence-electron chi connectivity index (χ2n) is 5.25. The highest BCUT2D eigenvalue weighted by Gasteiger charge is 2.01. The van der Waals surface area contributed by atoms with Crippen LogP contribution in [-0.4, -0.2) is 51.3 Å². The molecule has 0 atom stereocenters. The van der Waals surface area contributed by atoms with E-state index in [9.17, 15) is 0 Å². The van der Waals surface area contributed by atoms with Gasteiger partial charge in [-0.05, 0) is 37.8 Å². The number of nitrogens with one attached hydrogen (secondary N) is 2. The molecule has 0 aliphatic carbocycles. The van der Waals surface area contributed by atoms with Gasteiger partial charge in [-0.3, -0.25) is 4.99 Å². The molecule has 1 aromatic carbocycles. The van der Waals surface area contributed by atoms with Gasteiger partial charge in [-0.1, -0.05) is 18.2 Å². The molecule has 5 nitrogen and oxygen atoms in total. The predicted molar refractivity (Wildman–Crippen MR) is 120 cm³/mol. The van der Waals surface area contributed by atoms with Gasteiger partial charge in [-0.2, -0.15) is 11.8 Å². The number of nitrogens with zero attached hydrogens (tertiary/aromatic N) is 1. The van der Waals surface area contributed by atoms with E-state index >= 15 is 0 Å². The molecule has 0 amide bonds. The average Bonchev–Trinajstić information content (AvgIpc) is 2.61. The zero-order valence-corrected chi connectivity index (χ0v) is 18.7. The topological polar surface area (TPSA) is 54.9 Å². The molecule has 25 heavy (non-hydrogen) atoms. The maximum Gasteiger partial charge on any atom is 0.191 e. The highest BCUT2D eigenvalue weighted by Crippen LogP contribution is 2.17. The number of hydrogen-bond donors (Lipinski definition) is 2. The number of methoxy groups -OCH3 is 1. The molecule has 0 saturated heterocycles. The molecule has 0 heterocycles. The number of hydrogen-bond acceptors (Lipinski definition) is 4. The SMILES string of the molecule is CCNC(=NCCCCSC)NCCOCc1ccccc1OC.I. The maximum absolute atomic E-state index is 5.72. The Bertz CT molecular complexity index is 475. The fraction of sp³-hybridized carbons (Fsp3) is 0.611. The monoisotopic (exact) mass is 481 g/mol. The third-order valence-electron chi connectivity index (χ3n) is 3.36. The number of aliphatic imine (C=N–C) groups is 1. The summed E-state index contributed by atoms with van der Waals surface area (Å²) >= 11 is 1.89. The van der Waals surface area contributed by atoms with E-state index in [2.05, 4.69) is 28.8 Å². The number of rotatable bonds is 12. The molecule has 0 aliphatic heterocycles. The lowest BCUT2D eigenvalue weighted by molar-refractivity contribution is 0.123. The summed E-state index contributed by atoms with van der Waals surface area (Å²) in [7, 11) is 1.68. The summed E-state index contributed by atoms with van der Waals surface area (Å²) in [5.41, 5.74) is 1.06. The molecular formula is C18H32IN3O2S. The Balaban J connectivity index is 0.00000576. The van der Waals surface area contributed by atoms with Gasteiger partial charge in [-0.25, -0.2) is 0 Å². The van der Waals surface area contributed by atoms with Gasteiger partial charge in [0.1, 0.15) is 5.75 Å². The molecule has 0 fully saturated rings. The van der Waals surface area contributed by atoms with Crippen molar-refractivity contribution in [1.82, 2.24) is 10.6 Å². The molecule has 1 aromatic rings. The van der Waals surface area contributed by atoms with Crippen LogP contribution in [0.1, 0.15) is 25.3 Å². The molecule has 144 valence electrons. The highest BCUT2D eigenvalue weighted by atomic mass is 127. The number of guanidine groups is 1. The first-order valence-electron chi connectivity index (χ1n) is 8.52. The van der Waals surface area contributed by atoms with Crippen LogP contribution in [0.4, 0.5) is 0 Å². The summed E-state index contributed by atoms with van der Waals surface area (Å²) in [6, 6.07) is 7.92. The summed E-state index contributed by atoms with van der Waals surface area (Å²) in [6.45, 7) is 5.69. The van der Waals surface area contributed by atoms with Crippen LogP contribution < -0.4 is 15.4 Å². The summed E-state index contributed by atoms with van der Waals surface area (Å²) < 4.78 is 11.0. The normalized spacial score (nSPS) is 10.9. The number of halogens is 1. The fourth-order valence-electron chi connectivity index (χ4n) is 2.14. The van der Waals surface area contributed by atoms with E-state index in [1.807, 2.05) is 36.0 Å². The lowest BCUT2D eigenvalue weighted by Crippen LogP contribution is -2.39.